The Morgan fingerprint density at radius 3 is 2.10 bits per heavy atom. The predicted octanol–water partition coefficient (Wildman–Crippen LogP) is 4.29. The first-order valence-corrected chi connectivity index (χ1v) is 11.4. The first kappa shape index (κ1) is 23.0. The number of hydrogen-bond donors (Lipinski definition) is 1. The van der Waals surface area contributed by atoms with Gasteiger partial charge in [-0.25, -0.2) is 0 Å². The maximum absolute atomic E-state index is 12.9. The number of carbonyl (C=O) groups excluding carboxylic acids is 2. The summed E-state index contributed by atoms with van der Waals surface area (Å²) in [5.74, 6) is 1.57. The Morgan fingerprint density at radius 2 is 1.52 bits per heavy atom. The highest BCUT2D eigenvalue weighted by atomic mass is 32.2. The van der Waals surface area contributed by atoms with Gasteiger partial charge in [0.2, 0.25) is 11.8 Å². The van der Waals surface area contributed by atoms with Crippen molar-refractivity contribution in [3.8, 4) is 0 Å². The Balaban J connectivity index is 1.92. The van der Waals surface area contributed by atoms with E-state index in [0.29, 0.717) is 13.0 Å². The Bertz CT molecular complexity index is 750. The van der Waals surface area contributed by atoms with Crippen LogP contribution in [0.15, 0.2) is 60.7 Å². The van der Waals surface area contributed by atoms with E-state index in [0.717, 1.165) is 17.9 Å². The van der Waals surface area contributed by atoms with Crippen LogP contribution in [0.4, 0.5) is 0 Å². The lowest BCUT2D eigenvalue weighted by atomic mass is 10.1. The molecule has 156 valence electrons. The molecule has 0 saturated carbocycles. The SMILES string of the molecule is CC(C)NC(=O)[C@H](C)N(CCc1ccccc1)C(=O)CCSCc1ccccc1. The summed E-state index contributed by atoms with van der Waals surface area (Å²) in [5.41, 5.74) is 2.43. The van der Waals surface area contributed by atoms with Crippen molar-refractivity contribution in [2.75, 3.05) is 12.3 Å². The van der Waals surface area contributed by atoms with Crippen LogP contribution in [0.3, 0.4) is 0 Å². The number of amides is 2. The van der Waals surface area contributed by atoms with Gasteiger partial charge >= 0.3 is 0 Å². The average Bonchev–Trinajstić information content (AvgIpc) is 2.72. The molecule has 0 aliphatic carbocycles. The molecule has 2 rings (SSSR count). The monoisotopic (exact) mass is 412 g/mol. The Hall–Kier alpha value is -2.27. The lowest BCUT2D eigenvalue weighted by molar-refractivity contribution is -0.139. The molecular weight excluding hydrogens is 380 g/mol. The van der Waals surface area contributed by atoms with Crippen LogP contribution in [-0.4, -0.2) is 41.1 Å². The highest BCUT2D eigenvalue weighted by molar-refractivity contribution is 7.98. The molecule has 0 saturated heterocycles. The zero-order valence-electron chi connectivity index (χ0n) is 17.6. The van der Waals surface area contributed by atoms with E-state index in [1.54, 1.807) is 16.7 Å². The van der Waals surface area contributed by atoms with Gasteiger partial charge in [0, 0.05) is 30.5 Å². The second kappa shape index (κ2) is 12.3. The minimum atomic E-state index is -0.479. The average molecular weight is 413 g/mol. The fourth-order valence-electron chi connectivity index (χ4n) is 3.04. The summed E-state index contributed by atoms with van der Waals surface area (Å²) in [7, 11) is 0. The molecule has 29 heavy (non-hydrogen) atoms. The van der Waals surface area contributed by atoms with Gasteiger partial charge in [0.05, 0.1) is 0 Å². The van der Waals surface area contributed by atoms with E-state index in [2.05, 4.69) is 29.6 Å². The van der Waals surface area contributed by atoms with E-state index in [1.807, 2.05) is 57.2 Å². The number of rotatable bonds is 11. The summed E-state index contributed by atoms with van der Waals surface area (Å²) in [6.07, 6.45) is 1.18. The van der Waals surface area contributed by atoms with Crippen LogP contribution in [0.5, 0.6) is 0 Å². The third kappa shape index (κ3) is 8.32. The van der Waals surface area contributed by atoms with E-state index < -0.39 is 6.04 Å². The normalized spacial score (nSPS) is 11.9. The molecule has 2 amide bonds. The fourth-order valence-corrected chi connectivity index (χ4v) is 3.93. The molecule has 1 atom stereocenters. The molecule has 0 aromatic heterocycles. The Morgan fingerprint density at radius 1 is 0.931 bits per heavy atom. The first-order chi connectivity index (χ1) is 14.0. The van der Waals surface area contributed by atoms with Crippen LogP contribution < -0.4 is 5.32 Å². The minimum absolute atomic E-state index is 0.0351. The third-order valence-electron chi connectivity index (χ3n) is 4.65. The summed E-state index contributed by atoms with van der Waals surface area (Å²) in [6, 6.07) is 19.9. The van der Waals surface area contributed by atoms with Gasteiger partial charge in [-0.05, 0) is 38.3 Å². The molecule has 2 aromatic rings. The second-order valence-electron chi connectivity index (χ2n) is 7.45. The quantitative estimate of drug-likeness (QED) is 0.560. The molecule has 0 radical (unpaired) electrons. The molecule has 0 aliphatic rings. The number of nitrogens with one attached hydrogen (secondary N) is 1. The summed E-state index contributed by atoms with van der Waals surface area (Å²) in [5, 5.41) is 2.93. The summed E-state index contributed by atoms with van der Waals surface area (Å²) < 4.78 is 0. The van der Waals surface area contributed by atoms with Gasteiger partial charge in [0.25, 0.3) is 0 Å². The van der Waals surface area contributed by atoms with E-state index in [9.17, 15) is 9.59 Å². The second-order valence-corrected chi connectivity index (χ2v) is 8.56. The van der Waals surface area contributed by atoms with Crippen molar-refractivity contribution < 1.29 is 9.59 Å². The van der Waals surface area contributed by atoms with Gasteiger partial charge in [0.1, 0.15) is 6.04 Å². The maximum atomic E-state index is 12.9. The van der Waals surface area contributed by atoms with Crippen molar-refractivity contribution in [2.45, 2.75) is 51.4 Å². The fraction of sp³-hybridized carbons (Fsp3) is 0.417. The molecule has 0 fully saturated rings. The van der Waals surface area contributed by atoms with E-state index in [4.69, 9.17) is 0 Å². The van der Waals surface area contributed by atoms with Crippen LogP contribution >= 0.6 is 11.8 Å². The number of carbonyl (C=O) groups is 2. The molecule has 4 nitrogen and oxygen atoms in total. The number of nitrogens with zero attached hydrogens (tertiary/aromatic N) is 1. The van der Waals surface area contributed by atoms with Crippen LogP contribution in [-0.2, 0) is 21.8 Å². The van der Waals surface area contributed by atoms with Gasteiger partial charge in [-0.2, -0.15) is 11.8 Å². The maximum Gasteiger partial charge on any atom is 0.242 e. The topological polar surface area (TPSA) is 49.4 Å². The molecule has 0 heterocycles. The molecule has 0 aliphatic heterocycles. The molecule has 0 spiro atoms. The molecule has 1 N–H and O–H groups in total. The third-order valence-corrected chi connectivity index (χ3v) is 5.68. The number of hydrogen-bond acceptors (Lipinski definition) is 3. The molecule has 2 aromatic carbocycles. The van der Waals surface area contributed by atoms with Crippen LogP contribution in [0.2, 0.25) is 0 Å². The molecule has 0 unspecified atom stereocenters. The highest BCUT2D eigenvalue weighted by Gasteiger charge is 2.25. The number of thioether (sulfide) groups is 1. The highest BCUT2D eigenvalue weighted by Crippen LogP contribution is 2.15. The molecular formula is C24H32N2O2S. The Kier molecular flexibility index (Phi) is 9.78. The van der Waals surface area contributed by atoms with Crippen molar-refractivity contribution in [1.29, 1.82) is 0 Å². The van der Waals surface area contributed by atoms with E-state index in [1.165, 1.54) is 11.1 Å². The van der Waals surface area contributed by atoms with Gasteiger partial charge in [0.15, 0.2) is 0 Å². The van der Waals surface area contributed by atoms with Crippen LogP contribution in [0.25, 0.3) is 0 Å². The standard InChI is InChI=1S/C24H32N2O2S/c1-19(2)25-24(28)20(3)26(16-14-21-10-6-4-7-11-21)23(27)15-17-29-18-22-12-8-5-9-13-22/h4-13,19-20H,14-18H2,1-3H3,(H,25,28)/t20-/m0/s1. The van der Waals surface area contributed by atoms with E-state index in [-0.39, 0.29) is 17.9 Å². The largest absolute Gasteiger partial charge is 0.352 e. The summed E-state index contributed by atoms with van der Waals surface area (Å²) in [4.78, 5) is 27.2. The summed E-state index contributed by atoms with van der Waals surface area (Å²) >= 11 is 1.75. The van der Waals surface area contributed by atoms with Crippen molar-refractivity contribution in [1.82, 2.24) is 10.2 Å². The zero-order valence-corrected chi connectivity index (χ0v) is 18.5. The summed E-state index contributed by atoms with van der Waals surface area (Å²) in [6.45, 7) is 6.22. The lowest BCUT2D eigenvalue weighted by Gasteiger charge is -2.29. The van der Waals surface area contributed by atoms with Crippen molar-refractivity contribution in [3.63, 3.8) is 0 Å². The van der Waals surface area contributed by atoms with Crippen molar-refractivity contribution in [2.24, 2.45) is 0 Å². The molecule has 0 bridgehead atoms. The minimum Gasteiger partial charge on any atom is -0.352 e. The smallest absolute Gasteiger partial charge is 0.242 e. The van der Waals surface area contributed by atoms with Gasteiger partial charge in [-0.3, -0.25) is 9.59 Å². The lowest BCUT2D eigenvalue weighted by Crippen LogP contribution is -2.50. The van der Waals surface area contributed by atoms with Gasteiger partial charge in [-0.1, -0.05) is 60.7 Å². The number of benzene rings is 2. The van der Waals surface area contributed by atoms with Crippen LogP contribution in [0, 0.1) is 0 Å². The van der Waals surface area contributed by atoms with Gasteiger partial charge in [-0.15, -0.1) is 0 Å². The Labute approximate surface area is 179 Å². The molecule has 5 heteroatoms. The predicted molar refractivity (Wildman–Crippen MR) is 122 cm³/mol. The van der Waals surface area contributed by atoms with Gasteiger partial charge < -0.3 is 10.2 Å². The van der Waals surface area contributed by atoms with Crippen molar-refractivity contribution in [3.05, 3.63) is 71.8 Å². The van der Waals surface area contributed by atoms with Crippen molar-refractivity contribution >= 4 is 23.6 Å². The van der Waals surface area contributed by atoms with Crippen LogP contribution in [0.1, 0.15) is 38.3 Å². The van der Waals surface area contributed by atoms with E-state index >= 15 is 0 Å². The first-order valence-electron chi connectivity index (χ1n) is 10.2. The zero-order chi connectivity index (χ0) is 21.1.